The summed E-state index contributed by atoms with van der Waals surface area (Å²) in [5.74, 6) is 1.45. The van der Waals surface area contributed by atoms with Crippen LogP contribution in [0.15, 0.2) is 72.9 Å². The molecule has 7 heteroatoms. The molecule has 4 heterocycles. The third-order valence-corrected chi connectivity index (χ3v) is 6.53. The van der Waals surface area contributed by atoms with Crippen molar-refractivity contribution in [3.8, 4) is 17.0 Å². The number of hydrogen-bond donors (Lipinski definition) is 1. The van der Waals surface area contributed by atoms with Crippen molar-refractivity contribution >= 4 is 28.2 Å². The summed E-state index contributed by atoms with van der Waals surface area (Å²) >= 11 is 0. The first-order valence-corrected chi connectivity index (χ1v) is 11.9. The molecule has 0 saturated carbocycles. The smallest absolute Gasteiger partial charge is 0.247 e. The Morgan fingerprint density at radius 2 is 1.82 bits per heavy atom. The fourth-order valence-corrected chi connectivity index (χ4v) is 4.68. The zero-order chi connectivity index (χ0) is 22.9. The van der Waals surface area contributed by atoms with E-state index < -0.39 is 0 Å². The van der Waals surface area contributed by atoms with E-state index in [1.807, 2.05) is 40.9 Å². The third-order valence-electron chi connectivity index (χ3n) is 6.53. The van der Waals surface area contributed by atoms with Gasteiger partial charge in [-0.05, 0) is 80.5 Å². The summed E-state index contributed by atoms with van der Waals surface area (Å²) in [6.45, 7) is 4.10. The van der Waals surface area contributed by atoms with E-state index in [9.17, 15) is 0 Å². The number of nitrogens with one attached hydrogen (secondary N) is 1. The predicted octanol–water partition coefficient (Wildman–Crippen LogP) is 5.11. The van der Waals surface area contributed by atoms with Crippen LogP contribution in [-0.2, 0) is 7.05 Å². The number of nitrogens with zero attached hydrogens (tertiary/aromatic N) is 5. The van der Waals surface area contributed by atoms with Gasteiger partial charge in [-0.15, -0.1) is 5.10 Å². The summed E-state index contributed by atoms with van der Waals surface area (Å²) in [5.41, 5.74) is 5.05. The minimum atomic E-state index is 0.566. The number of anilines is 2. The van der Waals surface area contributed by atoms with Crippen molar-refractivity contribution in [1.82, 2.24) is 24.1 Å². The molecule has 7 nitrogen and oxygen atoms in total. The third kappa shape index (κ3) is 4.10. The van der Waals surface area contributed by atoms with Crippen LogP contribution >= 0.6 is 0 Å². The lowest BCUT2D eigenvalue weighted by molar-refractivity contribution is 0.238. The van der Waals surface area contributed by atoms with E-state index in [0.717, 1.165) is 41.5 Å². The van der Waals surface area contributed by atoms with Crippen molar-refractivity contribution in [2.45, 2.75) is 12.8 Å². The predicted molar refractivity (Wildman–Crippen MR) is 136 cm³/mol. The Morgan fingerprint density at radius 1 is 0.971 bits per heavy atom. The molecule has 0 radical (unpaired) electrons. The molecule has 1 aliphatic rings. The number of benzene rings is 2. The van der Waals surface area contributed by atoms with Gasteiger partial charge in [-0.1, -0.05) is 12.1 Å². The lowest BCUT2D eigenvalue weighted by atomic mass is 10.1. The molecule has 0 unspecified atom stereocenters. The number of pyridine rings is 1. The molecule has 2 aromatic carbocycles. The molecule has 1 aliphatic heterocycles. The molecule has 172 valence electrons. The second kappa shape index (κ2) is 8.83. The Balaban J connectivity index is 1.18. The number of fused-ring (bicyclic) bond motifs is 2. The second-order valence-corrected chi connectivity index (χ2v) is 8.86. The van der Waals surface area contributed by atoms with Gasteiger partial charge in [0.25, 0.3) is 0 Å². The number of aryl methyl sites for hydroxylation is 1. The monoisotopic (exact) mass is 452 g/mol. The number of likely N-dealkylation sites (tertiary alicyclic amines) is 1. The van der Waals surface area contributed by atoms with Gasteiger partial charge >= 0.3 is 0 Å². The summed E-state index contributed by atoms with van der Waals surface area (Å²) in [4.78, 5) is 7.13. The highest BCUT2D eigenvalue weighted by Crippen LogP contribution is 2.26. The van der Waals surface area contributed by atoms with Crippen molar-refractivity contribution in [2.75, 3.05) is 31.6 Å². The molecule has 0 atom stereocenters. The SMILES string of the molecule is Cn1ccc2cc(-c3cccc4nc(Nc5ccc(OCCN6CCCC6)cc5)nn34)ccc21. The lowest BCUT2D eigenvalue weighted by Crippen LogP contribution is -2.25. The van der Waals surface area contributed by atoms with Crippen LogP contribution in [0.1, 0.15) is 12.8 Å². The van der Waals surface area contributed by atoms with Gasteiger partial charge in [-0.25, -0.2) is 4.52 Å². The van der Waals surface area contributed by atoms with Crippen molar-refractivity contribution in [2.24, 2.45) is 7.05 Å². The highest BCUT2D eigenvalue weighted by molar-refractivity contribution is 5.85. The molecule has 1 N–H and O–H groups in total. The number of ether oxygens (including phenoxy) is 1. The van der Waals surface area contributed by atoms with E-state index in [2.05, 4.69) is 63.3 Å². The summed E-state index contributed by atoms with van der Waals surface area (Å²) in [6.07, 6.45) is 4.69. The first-order chi connectivity index (χ1) is 16.7. The van der Waals surface area contributed by atoms with Gasteiger partial charge in [0.05, 0.1) is 5.69 Å². The highest BCUT2D eigenvalue weighted by atomic mass is 16.5. The van der Waals surface area contributed by atoms with Crippen LogP contribution in [0.5, 0.6) is 5.75 Å². The molecule has 5 aromatic rings. The maximum Gasteiger partial charge on any atom is 0.247 e. The van der Waals surface area contributed by atoms with Gasteiger partial charge in [0.15, 0.2) is 5.65 Å². The molecule has 0 aliphatic carbocycles. The zero-order valence-corrected chi connectivity index (χ0v) is 19.3. The Labute approximate surface area is 198 Å². The van der Waals surface area contributed by atoms with Gasteiger partial charge in [0.1, 0.15) is 12.4 Å². The Bertz CT molecular complexity index is 1430. The van der Waals surface area contributed by atoms with E-state index in [4.69, 9.17) is 9.84 Å². The minimum absolute atomic E-state index is 0.566. The molecule has 6 rings (SSSR count). The maximum absolute atomic E-state index is 5.91. The first kappa shape index (κ1) is 20.7. The van der Waals surface area contributed by atoms with E-state index >= 15 is 0 Å². The number of aromatic nitrogens is 4. The number of rotatable bonds is 7. The van der Waals surface area contributed by atoms with Gasteiger partial charge in [-0.2, -0.15) is 4.98 Å². The van der Waals surface area contributed by atoms with E-state index in [0.29, 0.717) is 5.95 Å². The fraction of sp³-hybridized carbons (Fsp3) is 0.259. The van der Waals surface area contributed by atoms with E-state index in [-0.39, 0.29) is 0 Å². The van der Waals surface area contributed by atoms with Crippen LogP contribution < -0.4 is 10.1 Å². The molecule has 0 amide bonds. The maximum atomic E-state index is 5.91. The average Bonchev–Trinajstić information content (AvgIpc) is 3.60. The van der Waals surface area contributed by atoms with Crippen LogP contribution in [0.25, 0.3) is 27.8 Å². The topological polar surface area (TPSA) is 59.6 Å². The molecule has 0 spiro atoms. The average molecular weight is 453 g/mol. The van der Waals surface area contributed by atoms with Crippen LogP contribution in [0, 0.1) is 0 Å². The molecule has 1 fully saturated rings. The van der Waals surface area contributed by atoms with E-state index in [1.54, 1.807) is 0 Å². The fourth-order valence-electron chi connectivity index (χ4n) is 4.68. The first-order valence-electron chi connectivity index (χ1n) is 11.9. The summed E-state index contributed by atoms with van der Waals surface area (Å²) in [5, 5.41) is 9.27. The van der Waals surface area contributed by atoms with Crippen LogP contribution in [0.4, 0.5) is 11.6 Å². The van der Waals surface area contributed by atoms with Crippen molar-refractivity contribution < 1.29 is 4.74 Å². The van der Waals surface area contributed by atoms with E-state index in [1.165, 1.54) is 36.8 Å². The second-order valence-electron chi connectivity index (χ2n) is 8.86. The van der Waals surface area contributed by atoms with Crippen LogP contribution in [-0.4, -0.2) is 50.3 Å². The molecule has 3 aromatic heterocycles. The van der Waals surface area contributed by atoms with Gasteiger partial charge in [0.2, 0.25) is 5.95 Å². The molecular weight excluding hydrogens is 424 g/mol. The standard InChI is InChI=1S/C27H28N6O/c1-31-16-13-21-19-20(7-12-24(21)31)25-5-4-6-26-29-27(30-33(25)26)28-22-8-10-23(11-9-22)34-18-17-32-14-2-3-15-32/h4-13,16,19H,2-3,14-15,17-18H2,1H3,(H,28,30). The highest BCUT2D eigenvalue weighted by Gasteiger charge is 2.12. The molecule has 0 bridgehead atoms. The van der Waals surface area contributed by atoms with Gasteiger partial charge < -0.3 is 14.6 Å². The lowest BCUT2D eigenvalue weighted by Gasteiger charge is -2.15. The van der Waals surface area contributed by atoms with Crippen molar-refractivity contribution in [3.05, 3.63) is 72.9 Å². The summed E-state index contributed by atoms with van der Waals surface area (Å²) < 4.78 is 9.93. The Kier molecular flexibility index (Phi) is 5.39. The van der Waals surface area contributed by atoms with Crippen LogP contribution in [0.3, 0.4) is 0 Å². The van der Waals surface area contributed by atoms with Gasteiger partial charge in [0, 0.05) is 41.9 Å². The number of hydrogen-bond acceptors (Lipinski definition) is 5. The molecule has 1 saturated heterocycles. The quantitative estimate of drug-likeness (QED) is 0.372. The summed E-state index contributed by atoms with van der Waals surface area (Å²) in [7, 11) is 2.06. The Morgan fingerprint density at radius 3 is 2.68 bits per heavy atom. The normalized spacial score (nSPS) is 14.3. The Hall–Kier alpha value is -3.84. The van der Waals surface area contributed by atoms with Crippen molar-refractivity contribution in [3.63, 3.8) is 0 Å². The molecular formula is C27H28N6O. The molecule has 34 heavy (non-hydrogen) atoms. The largest absolute Gasteiger partial charge is 0.492 e. The summed E-state index contributed by atoms with van der Waals surface area (Å²) in [6, 6.07) is 22.7. The minimum Gasteiger partial charge on any atom is -0.492 e. The van der Waals surface area contributed by atoms with Gasteiger partial charge in [-0.3, -0.25) is 4.90 Å². The van der Waals surface area contributed by atoms with Crippen LogP contribution in [0.2, 0.25) is 0 Å². The van der Waals surface area contributed by atoms with Crippen molar-refractivity contribution in [1.29, 1.82) is 0 Å². The zero-order valence-electron chi connectivity index (χ0n) is 19.3.